The maximum atomic E-state index is 13.4. The zero-order chi connectivity index (χ0) is 16.0. The number of alkyl halides is 4. The van der Waals surface area contributed by atoms with Gasteiger partial charge in [0.2, 0.25) is 0 Å². The van der Waals surface area contributed by atoms with Crippen LogP contribution in [0.3, 0.4) is 0 Å². The van der Waals surface area contributed by atoms with E-state index >= 15 is 0 Å². The molecule has 3 N–H and O–H groups in total. The van der Waals surface area contributed by atoms with Gasteiger partial charge in [-0.2, -0.15) is 8.78 Å². The molecule has 0 aliphatic rings. The number of rotatable bonds is 8. The Labute approximate surface area is 117 Å². The molecule has 21 heavy (non-hydrogen) atoms. The molecule has 0 aromatic heterocycles. The summed E-state index contributed by atoms with van der Waals surface area (Å²) in [5, 5.41) is 0. The fraction of sp³-hybridized carbons (Fsp3) is 0.500. The van der Waals surface area contributed by atoms with Crippen molar-refractivity contribution in [3.63, 3.8) is 0 Å². The van der Waals surface area contributed by atoms with Gasteiger partial charge in [0.05, 0.1) is 6.61 Å². The molecule has 0 spiro atoms. The van der Waals surface area contributed by atoms with Gasteiger partial charge >= 0.3 is 12.3 Å². The van der Waals surface area contributed by atoms with E-state index in [0.717, 1.165) is 6.07 Å². The zero-order valence-electron chi connectivity index (χ0n) is 10.8. The minimum absolute atomic E-state index is 0.0805. The lowest BCUT2D eigenvalue weighted by Crippen LogP contribution is -2.42. The van der Waals surface area contributed by atoms with Crippen molar-refractivity contribution in [1.29, 1.82) is 0 Å². The second-order valence-corrected chi connectivity index (χ2v) is 4.38. The van der Waals surface area contributed by atoms with Gasteiger partial charge in [0, 0.05) is 12.1 Å². The Balaban J connectivity index is 2.52. The number of halogens is 6. The van der Waals surface area contributed by atoms with Crippen molar-refractivity contribution in [3.8, 4) is 0 Å². The highest BCUT2D eigenvalue weighted by Crippen LogP contribution is 2.23. The third-order valence-electron chi connectivity index (χ3n) is 2.65. The molecule has 1 atom stereocenters. The Morgan fingerprint density at radius 3 is 2.43 bits per heavy atom. The summed E-state index contributed by atoms with van der Waals surface area (Å²) in [6.45, 7) is -1.91. The number of nitrogens with two attached hydrogens (primary N) is 1. The van der Waals surface area contributed by atoms with Crippen LogP contribution in [0.5, 0.6) is 0 Å². The third kappa shape index (κ3) is 5.52. The number of hydrogen-bond acceptors (Lipinski definition) is 3. The Hall–Kier alpha value is -1.32. The quantitative estimate of drug-likeness (QED) is 0.439. The molecule has 0 saturated carbocycles. The van der Waals surface area contributed by atoms with Crippen LogP contribution in [0.2, 0.25) is 0 Å². The number of nitrogens with one attached hydrogen (secondary N) is 1. The normalized spacial score (nSPS) is 13.7. The van der Waals surface area contributed by atoms with Gasteiger partial charge in [-0.25, -0.2) is 17.6 Å². The first-order valence-electron chi connectivity index (χ1n) is 5.90. The zero-order valence-corrected chi connectivity index (χ0v) is 10.8. The van der Waals surface area contributed by atoms with Crippen LogP contribution in [-0.4, -0.2) is 31.6 Å². The fourth-order valence-electron chi connectivity index (χ4n) is 1.52. The van der Waals surface area contributed by atoms with Gasteiger partial charge in [0.15, 0.2) is 0 Å². The van der Waals surface area contributed by atoms with Crippen LogP contribution in [0.1, 0.15) is 5.56 Å². The minimum Gasteiger partial charge on any atom is -0.373 e. The lowest BCUT2D eigenvalue weighted by molar-refractivity contribution is -0.167. The van der Waals surface area contributed by atoms with Gasteiger partial charge in [-0.05, 0) is 18.1 Å². The van der Waals surface area contributed by atoms with Crippen molar-refractivity contribution < 1.29 is 31.1 Å². The van der Waals surface area contributed by atoms with Gasteiger partial charge in [-0.15, -0.1) is 0 Å². The van der Waals surface area contributed by atoms with Gasteiger partial charge in [-0.1, -0.05) is 6.07 Å². The average Bonchev–Trinajstić information content (AvgIpc) is 2.39. The molecule has 1 aromatic rings. The lowest BCUT2D eigenvalue weighted by atomic mass is 10.1. The van der Waals surface area contributed by atoms with E-state index in [1.807, 2.05) is 0 Å². The van der Waals surface area contributed by atoms with Crippen LogP contribution >= 0.6 is 0 Å². The monoisotopic (exact) mass is 316 g/mol. The standard InChI is InChI=1S/C12H14F6N2O/c13-8-2-1-7(10(14)4-8)3-9(20-19)5-21-6-12(17,18)11(15)16/h1-2,4,9,11,20H,3,5-6,19H2. The van der Waals surface area contributed by atoms with Crippen LogP contribution in [0.15, 0.2) is 18.2 Å². The summed E-state index contributed by atoms with van der Waals surface area (Å²) in [5.74, 6) is -0.704. The maximum Gasteiger partial charge on any atom is 0.330 e. The predicted octanol–water partition coefficient (Wildman–Crippen LogP) is 2.26. The second kappa shape index (κ2) is 7.62. The topological polar surface area (TPSA) is 47.3 Å². The summed E-state index contributed by atoms with van der Waals surface area (Å²) in [6.07, 6.45) is -3.92. The third-order valence-corrected chi connectivity index (χ3v) is 2.65. The van der Waals surface area contributed by atoms with E-state index in [0.29, 0.717) is 6.07 Å². The van der Waals surface area contributed by atoms with Crippen LogP contribution in [0.25, 0.3) is 0 Å². The van der Waals surface area contributed by atoms with Crippen molar-refractivity contribution in [1.82, 2.24) is 5.43 Å². The van der Waals surface area contributed by atoms with Gasteiger partial charge in [-0.3, -0.25) is 11.3 Å². The van der Waals surface area contributed by atoms with Gasteiger partial charge in [0.25, 0.3) is 0 Å². The summed E-state index contributed by atoms with van der Waals surface area (Å²) < 4.78 is 79.6. The summed E-state index contributed by atoms with van der Waals surface area (Å²) >= 11 is 0. The molecule has 1 rings (SSSR count). The van der Waals surface area contributed by atoms with Crippen molar-refractivity contribution in [3.05, 3.63) is 35.4 Å². The van der Waals surface area contributed by atoms with Crippen LogP contribution in [-0.2, 0) is 11.2 Å². The van der Waals surface area contributed by atoms with Crippen LogP contribution < -0.4 is 11.3 Å². The molecule has 0 saturated heterocycles. The van der Waals surface area contributed by atoms with Crippen LogP contribution in [0, 0.1) is 11.6 Å². The van der Waals surface area contributed by atoms with Gasteiger partial charge < -0.3 is 4.74 Å². The Morgan fingerprint density at radius 2 is 1.90 bits per heavy atom. The molecule has 9 heteroatoms. The van der Waals surface area contributed by atoms with E-state index in [4.69, 9.17) is 5.84 Å². The Morgan fingerprint density at radius 1 is 1.24 bits per heavy atom. The van der Waals surface area contributed by atoms with Crippen LogP contribution in [0.4, 0.5) is 26.3 Å². The van der Waals surface area contributed by atoms with E-state index in [-0.39, 0.29) is 12.0 Å². The highest BCUT2D eigenvalue weighted by atomic mass is 19.3. The molecular formula is C12H14F6N2O. The molecule has 0 aliphatic carbocycles. The maximum absolute atomic E-state index is 13.4. The number of hydrogen-bond donors (Lipinski definition) is 2. The molecule has 0 heterocycles. The summed E-state index contributed by atoms with van der Waals surface area (Å²) in [7, 11) is 0. The molecule has 0 fully saturated rings. The van der Waals surface area contributed by atoms with Crippen molar-refractivity contribution in [2.45, 2.75) is 24.8 Å². The molecule has 0 aliphatic heterocycles. The molecule has 0 amide bonds. The smallest absolute Gasteiger partial charge is 0.330 e. The van der Waals surface area contributed by atoms with Crippen molar-refractivity contribution in [2.24, 2.45) is 5.84 Å². The lowest BCUT2D eigenvalue weighted by Gasteiger charge is -2.19. The average molecular weight is 316 g/mol. The highest BCUT2D eigenvalue weighted by Gasteiger charge is 2.41. The molecule has 1 aromatic carbocycles. The molecule has 0 bridgehead atoms. The summed E-state index contributed by atoms with van der Waals surface area (Å²) in [4.78, 5) is 0. The minimum atomic E-state index is -4.26. The largest absolute Gasteiger partial charge is 0.373 e. The molecular weight excluding hydrogens is 302 g/mol. The first-order valence-corrected chi connectivity index (χ1v) is 5.90. The number of benzene rings is 1. The van der Waals surface area contributed by atoms with Gasteiger partial charge in [0.1, 0.15) is 18.2 Å². The predicted molar refractivity (Wildman–Crippen MR) is 62.9 cm³/mol. The Kier molecular flexibility index (Phi) is 6.43. The Bertz CT molecular complexity index is 457. The summed E-state index contributed by atoms with van der Waals surface area (Å²) in [6, 6.07) is 2.06. The van der Waals surface area contributed by atoms with E-state index in [9.17, 15) is 26.3 Å². The summed E-state index contributed by atoms with van der Waals surface area (Å²) in [5.41, 5.74) is 2.28. The highest BCUT2D eigenvalue weighted by molar-refractivity contribution is 5.19. The molecule has 1 unspecified atom stereocenters. The second-order valence-electron chi connectivity index (χ2n) is 4.38. The van der Waals surface area contributed by atoms with Crippen molar-refractivity contribution in [2.75, 3.05) is 13.2 Å². The first kappa shape index (κ1) is 17.7. The van der Waals surface area contributed by atoms with E-state index in [2.05, 4.69) is 10.2 Å². The number of ether oxygens (including phenoxy) is 1. The van der Waals surface area contributed by atoms with E-state index in [1.54, 1.807) is 0 Å². The first-order chi connectivity index (χ1) is 9.76. The number of hydrazine groups is 1. The van der Waals surface area contributed by atoms with E-state index < -0.39 is 43.2 Å². The fourth-order valence-corrected chi connectivity index (χ4v) is 1.52. The van der Waals surface area contributed by atoms with E-state index in [1.165, 1.54) is 6.07 Å². The molecule has 0 radical (unpaired) electrons. The molecule has 120 valence electrons. The van der Waals surface area contributed by atoms with Crippen molar-refractivity contribution >= 4 is 0 Å². The SMILES string of the molecule is NNC(COCC(F)(F)C(F)F)Cc1ccc(F)cc1F. The molecule has 3 nitrogen and oxygen atoms in total.